The Morgan fingerprint density at radius 3 is 2.75 bits per heavy atom. The standard InChI is InChI=1S/C15H13BrClFO2/c1-9(19)13-4-2-11(16)7-15(13)20-8-10-6-12(17)3-5-14(10)18/h2-7,9,19H,8H2,1H3/t9-/m1/s1. The summed E-state index contributed by atoms with van der Waals surface area (Å²) in [6, 6.07) is 9.63. The summed E-state index contributed by atoms with van der Waals surface area (Å²) in [5.74, 6) is 0.136. The van der Waals surface area contributed by atoms with Gasteiger partial charge in [-0.25, -0.2) is 4.39 Å². The van der Waals surface area contributed by atoms with E-state index in [1.165, 1.54) is 18.2 Å². The van der Waals surface area contributed by atoms with Crippen LogP contribution in [-0.4, -0.2) is 5.11 Å². The molecule has 0 aromatic heterocycles. The lowest BCUT2D eigenvalue weighted by atomic mass is 10.1. The third-order valence-electron chi connectivity index (χ3n) is 2.82. The van der Waals surface area contributed by atoms with Crippen LogP contribution in [0.25, 0.3) is 0 Å². The Balaban J connectivity index is 2.22. The van der Waals surface area contributed by atoms with E-state index >= 15 is 0 Å². The highest BCUT2D eigenvalue weighted by Gasteiger charge is 2.11. The van der Waals surface area contributed by atoms with E-state index in [1.807, 2.05) is 6.07 Å². The van der Waals surface area contributed by atoms with Crippen LogP contribution in [0.5, 0.6) is 5.75 Å². The van der Waals surface area contributed by atoms with Crippen molar-refractivity contribution < 1.29 is 14.2 Å². The fourth-order valence-electron chi connectivity index (χ4n) is 1.79. The van der Waals surface area contributed by atoms with E-state index in [2.05, 4.69) is 15.9 Å². The fourth-order valence-corrected chi connectivity index (χ4v) is 2.32. The van der Waals surface area contributed by atoms with Gasteiger partial charge in [0.25, 0.3) is 0 Å². The molecule has 2 nitrogen and oxygen atoms in total. The van der Waals surface area contributed by atoms with Gasteiger partial charge in [-0.05, 0) is 37.3 Å². The van der Waals surface area contributed by atoms with E-state index in [9.17, 15) is 9.50 Å². The van der Waals surface area contributed by atoms with Crippen molar-refractivity contribution in [1.29, 1.82) is 0 Å². The molecule has 0 saturated carbocycles. The molecule has 2 rings (SSSR count). The first kappa shape index (κ1) is 15.3. The first-order valence-corrected chi connectivity index (χ1v) is 7.18. The molecule has 0 radical (unpaired) electrons. The molecule has 5 heteroatoms. The maximum atomic E-state index is 13.6. The normalized spacial score (nSPS) is 12.2. The van der Waals surface area contributed by atoms with Crippen molar-refractivity contribution in [3.8, 4) is 5.75 Å². The van der Waals surface area contributed by atoms with Crippen molar-refractivity contribution in [3.05, 3.63) is 62.8 Å². The molecule has 0 amide bonds. The van der Waals surface area contributed by atoms with Crippen LogP contribution in [0.2, 0.25) is 5.02 Å². The number of aliphatic hydroxyl groups excluding tert-OH is 1. The summed E-state index contributed by atoms with van der Waals surface area (Å²) >= 11 is 9.18. The smallest absolute Gasteiger partial charge is 0.129 e. The first-order valence-electron chi connectivity index (χ1n) is 6.01. The minimum atomic E-state index is -0.665. The van der Waals surface area contributed by atoms with Gasteiger partial charge < -0.3 is 9.84 Å². The Kier molecular flexibility index (Phi) is 5.02. The molecule has 0 heterocycles. The van der Waals surface area contributed by atoms with Crippen molar-refractivity contribution in [2.24, 2.45) is 0 Å². The molecule has 2 aromatic carbocycles. The number of benzene rings is 2. The zero-order chi connectivity index (χ0) is 14.7. The van der Waals surface area contributed by atoms with Gasteiger partial charge >= 0.3 is 0 Å². The van der Waals surface area contributed by atoms with Crippen molar-refractivity contribution in [3.63, 3.8) is 0 Å². The van der Waals surface area contributed by atoms with Crippen LogP contribution in [0, 0.1) is 5.82 Å². The lowest BCUT2D eigenvalue weighted by Gasteiger charge is -2.14. The number of ether oxygens (including phenoxy) is 1. The lowest BCUT2D eigenvalue weighted by Crippen LogP contribution is -2.02. The van der Waals surface area contributed by atoms with E-state index in [0.29, 0.717) is 21.9 Å². The van der Waals surface area contributed by atoms with Gasteiger partial charge in [0.2, 0.25) is 0 Å². The maximum Gasteiger partial charge on any atom is 0.129 e. The SMILES string of the molecule is C[C@@H](O)c1ccc(Br)cc1OCc1cc(Cl)ccc1F. The predicted octanol–water partition coefficient (Wildman–Crippen LogP) is 4.87. The van der Waals surface area contributed by atoms with Gasteiger partial charge in [0.15, 0.2) is 0 Å². The van der Waals surface area contributed by atoms with Crippen molar-refractivity contribution >= 4 is 27.5 Å². The highest BCUT2D eigenvalue weighted by atomic mass is 79.9. The molecule has 0 unspecified atom stereocenters. The van der Waals surface area contributed by atoms with Crippen LogP contribution >= 0.6 is 27.5 Å². The molecule has 0 bridgehead atoms. The third kappa shape index (κ3) is 3.72. The molecular weight excluding hydrogens is 347 g/mol. The lowest BCUT2D eigenvalue weighted by molar-refractivity contribution is 0.190. The predicted molar refractivity (Wildman–Crippen MR) is 80.5 cm³/mol. The second-order valence-electron chi connectivity index (χ2n) is 4.38. The fraction of sp³-hybridized carbons (Fsp3) is 0.200. The minimum Gasteiger partial charge on any atom is -0.488 e. The summed E-state index contributed by atoms with van der Waals surface area (Å²) in [6.45, 7) is 1.69. The van der Waals surface area contributed by atoms with Crippen LogP contribution < -0.4 is 4.74 Å². The molecular formula is C15H13BrClFO2. The number of rotatable bonds is 4. The molecule has 0 aliphatic carbocycles. The van der Waals surface area contributed by atoms with Gasteiger partial charge in [-0.1, -0.05) is 33.6 Å². The molecule has 1 atom stereocenters. The number of hydrogen-bond donors (Lipinski definition) is 1. The first-order chi connectivity index (χ1) is 9.47. The van der Waals surface area contributed by atoms with E-state index < -0.39 is 6.10 Å². The molecule has 0 aliphatic rings. The summed E-state index contributed by atoms with van der Waals surface area (Å²) in [6.07, 6.45) is -0.665. The van der Waals surface area contributed by atoms with Crippen LogP contribution in [0.15, 0.2) is 40.9 Å². The monoisotopic (exact) mass is 358 g/mol. The van der Waals surface area contributed by atoms with Crippen molar-refractivity contribution in [1.82, 2.24) is 0 Å². The number of hydrogen-bond acceptors (Lipinski definition) is 2. The van der Waals surface area contributed by atoms with Crippen molar-refractivity contribution in [2.75, 3.05) is 0 Å². The average Bonchev–Trinajstić information content (AvgIpc) is 2.39. The maximum absolute atomic E-state index is 13.6. The van der Waals surface area contributed by atoms with Gasteiger partial charge in [-0.15, -0.1) is 0 Å². The largest absolute Gasteiger partial charge is 0.488 e. The van der Waals surface area contributed by atoms with Gasteiger partial charge in [-0.3, -0.25) is 0 Å². The van der Waals surface area contributed by atoms with Crippen LogP contribution in [0.1, 0.15) is 24.2 Å². The Morgan fingerprint density at radius 1 is 1.30 bits per heavy atom. The number of halogens is 3. The van der Waals surface area contributed by atoms with E-state index in [4.69, 9.17) is 16.3 Å². The zero-order valence-electron chi connectivity index (χ0n) is 10.7. The van der Waals surface area contributed by atoms with Crippen molar-refractivity contribution in [2.45, 2.75) is 19.6 Å². The topological polar surface area (TPSA) is 29.5 Å². The summed E-state index contributed by atoms with van der Waals surface area (Å²) in [5, 5.41) is 10.2. The highest BCUT2D eigenvalue weighted by Crippen LogP contribution is 2.29. The van der Waals surface area contributed by atoms with Gasteiger partial charge in [0.1, 0.15) is 18.2 Å². The minimum absolute atomic E-state index is 0.0442. The molecule has 1 N–H and O–H groups in total. The summed E-state index contributed by atoms with van der Waals surface area (Å²) in [4.78, 5) is 0. The molecule has 106 valence electrons. The molecule has 0 aliphatic heterocycles. The molecule has 0 fully saturated rings. The van der Waals surface area contributed by atoms with Crippen LogP contribution in [-0.2, 0) is 6.61 Å². The van der Waals surface area contributed by atoms with Crippen LogP contribution in [0.3, 0.4) is 0 Å². The van der Waals surface area contributed by atoms with E-state index in [-0.39, 0.29) is 12.4 Å². The highest BCUT2D eigenvalue weighted by molar-refractivity contribution is 9.10. The zero-order valence-corrected chi connectivity index (χ0v) is 13.1. The Labute approximate surface area is 130 Å². The quantitative estimate of drug-likeness (QED) is 0.843. The Bertz CT molecular complexity index is 617. The molecule has 0 saturated heterocycles. The average molecular weight is 360 g/mol. The van der Waals surface area contributed by atoms with E-state index in [0.717, 1.165) is 4.47 Å². The summed E-state index contributed by atoms with van der Waals surface area (Å²) < 4.78 is 20.0. The molecule has 0 spiro atoms. The van der Waals surface area contributed by atoms with Gasteiger partial charge in [0.05, 0.1) is 6.10 Å². The second-order valence-corrected chi connectivity index (χ2v) is 5.73. The van der Waals surface area contributed by atoms with Gasteiger partial charge in [-0.2, -0.15) is 0 Å². The third-order valence-corrected chi connectivity index (χ3v) is 3.54. The van der Waals surface area contributed by atoms with Crippen LogP contribution in [0.4, 0.5) is 4.39 Å². The Morgan fingerprint density at radius 2 is 2.05 bits per heavy atom. The molecule has 20 heavy (non-hydrogen) atoms. The summed E-state index contributed by atoms with van der Waals surface area (Å²) in [5.41, 5.74) is 1.02. The second kappa shape index (κ2) is 6.57. The number of aliphatic hydroxyl groups is 1. The van der Waals surface area contributed by atoms with E-state index in [1.54, 1.807) is 19.1 Å². The molecule has 2 aromatic rings. The van der Waals surface area contributed by atoms with Gasteiger partial charge in [0, 0.05) is 20.6 Å². The summed E-state index contributed by atoms with van der Waals surface area (Å²) in [7, 11) is 0. The Hall–Kier alpha value is -1.10.